The molecule has 2 aromatic rings. The third kappa shape index (κ3) is 3.13. The number of fused-ring (bicyclic) bond motifs is 1. The molecule has 3 rings (SSSR count). The lowest BCUT2D eigenvalue weighted by Gasteiger charge is -2.15. The van der Waals surface area contributed by atoms with E-state index in [0.717, 1.165) is 36.2 Å². The number of carbonyl (C=O) groups excluding carboxylic acids is 1. The number of hydrogen-bond donors (Lipinski definition) is 1. The van der Waals surface area contributed by atoms with Gasteiger partial charge in [0.25, 0.3) is 0 Å². The molecular formula is C19H23N3O. The molecule has 120 valence electrons. The highest BCUT2D eigenvalue weighted by atomic mass is 16.2. The van der Waals surface area contributed by atoms with E-state index in [4.69, 9.17) is 5.73 Å². The van der Waals surface area contributed by atoms with Gasteiger partial charge in [0.1, 0.15) is 0 Å². The van der Waals surface area contributed by atoms with Gasteiger partial charge in [0.15, 0.2) is 0 Å². The number of amides is 1. The van der Waals surface area contributed by atoms with Crippen molar-refractivity contribution in [1.82, 2.24) is 4.98 Å². The molecule has 2 heterocycles. The van der Waals surface area contributed by atoms with Gasteiger partial charge in [-0.1, -0.05) is 13.0 Å². The second kappa shape index (κ2) is 6.50. The predicted molar refractivity (Wildman–Crippen MR) is 93.5 cm³/mol. The highest BCUT2D eigenvalue weighted by Gasteiger charge is 2.22. The Kier molecular flexibility index (Phi) is 4.44. The van der Waals surface area contributed by atoms with E-state index in [2.05, 4.69) is 36.2 Å². The van der Waals surface area contributed by atoms with Crippen LogP contribution >= 0.6 is 0 Å². The standard InChI is InChI=1S/C19H23N3O/c1-13(5-7-20)17-10-18(12-21-11-17)15-3-4-19-16(9-15)6-8-22(19)14(2)23/h3-4,9-13H,5-8,20H2,1-2H3. The number of nitrogens with two attached hydrogens (primary N) is 1. The molecule has 0 saturated heterocycles. The zero-order valence-corrected chi connectivity index (χ0v) is 13.7. The lowest BCUT2D eigenvalue weighted by molar-refractivity contribution is -0.116. The van der Waals surface area contributed by atoms with Gasteiger partial charge in [-0.3, -0.25) is 9.78 Å². The van der Waals surface area contributed by atoms with Crippen LogP contribution < -0.4 is 10.6 Å². The number of aromatic nitrogens is 1. The minimum Gasteiger partial charge on any atom is -0.330 e. The maximum absolute atomic E-state index is 11.7. The predicted octanol–water partition coefficient (Wildman–Crippen LogP) is 3.11. The van der Waals surface area contributed by atoms with Gasteiger partial charge in [-0.05, 0) is 60.2 Å². The van der Waals surface area contributed by atoms with Gasteiger partial charge in [-0.2, -0.15) is 0 Å². The van der Waals surface area contributed by atoms with Gasteiger partial charge in [0.2, 0.25) is 5.91 Å². The van der Waals surface area contributed by atoms with Gasteiger partial charge in [-0.25, -0.2) is 0 Å². The molecule has 1 aliphatic rings. The minimum atomic E-state index is 0.107. The van der Waals surface area contributed by atoms with Crippen molar-refractivity contribution in [3.05, 3.63) is 47.8 Å². The average molecular weight is 309 g/mol. The molecule has 0 spiro atoms. The summed E-state index contributed by atoms with van der Waals surface area (Å²) in [5, 5.41) is 0. The molecule has 0 aliphatic carbocycles. The molecule has 0 bridgehead atoms. The maximum atomic E-state index is 11.7. The van der Waals surface area contributed by atoms with Crippen LogP contribution in [0.1, 0.15) is 37.3 Å². The number of carbonyl (C=O) groups is 1. The smallest absolute Gasteiger partial charge is 0.223 e. The fraction of sp³-hybridized carbons (Fsp3) is 0.368. The Hall–Kier alpha value is -2.20. The SMILES string of the molecule is CC(=O)N1CCc2cc(-c3cncc(C(C)CCN)c3)ccc21. The average Bonchev–Trinajstić information content (AvgIpc) is 2.98. The van der Waals surface area contributed by atoms with Crippen molar-refractivity contribution in [2.24, 2.45) is 5.73 Å². The summed E-state index contributed by atoms with van der Waals surface area (Å²) < 4.78 is 0. The normalized spacial score (nSPS) is 14.7. The van der Waals surface area contributed by atoms with E-state index in [9.17, 15) is 4.79 Å². The first kappa shape index (κ1) is 15.7. The minimum absolute atomic E-state index is 0.107. The molecular weight excluding hydrogens is 286 g/mol. The molecule has 1 unspecified atom stereocenters. The molecule has 0 radical (unpaired) electrons. The van der Waals surface area contributed by atoms with E-state index in [1.807, 2.05) is 17.3 Å². The van der Waals surface area contributed by atoms with Gasteiger partial charge < -0.3 is 10.6 Å². The van der Waals surface area contributed by atoms with Crippen LogP contribution in [0.5, 0.6) is 0 Å². The van der Waals surface area contributed by atoms with Crippen LogP contribution in [-0.4, -0.2) is 24.0 Å². The van der Waals surface area contributed by atoms with Gasteiger partial charge in [0, 0.05) is 37.1 Å². The quantitative estimate of drug-likeness (QED) is 0.944. The molecule has 0 fully saturated rings. The van der Waals surface area contributed by atoms with E-state index < -0.39 is 0 Å². The van der Waals surface area contributed by atoms with Crippen LogP contribution in [0.15, 0.2) is 36.7 Å². The van der Waals surface area contributed by atoms with Gasteiger partial charge >= 0.3 is 0 Å². The molecule has 1 aromatic carbocycles. The zero-order valence-electron chi connectivity index (χ0n) is 13.7. The van der Waals surface area contributed by atoms with Crippen molar-refractivity contribution in [3.63, 3.8) is 0 Å². The topological polar surface area (TPSA) is 59.2 Å². The molecule has 4 nitrogen and oxygen atoms in total. The van der Waals surface area contributed by atoms with E-state index in [1.54, 1.807) is 6.92 Å². The van der Waals surface area contributed by atoms with Crippen LogP contribution in [0.2, 0.25) is 0 Å². The fourth-order valence-electron chi connectivity index (χ4n) is 3.21. The van der Waals surface area contributed by atoms with Gasteiger partial charge in [-0.15, -0.1) is 0 Å². The molecule has 1 aromatic heterocycles. The summed E-state index contributed by atoms with van der Waals surface area (Å²) >= 11 is 0. The summed E-state index contributed by atoms with van der Waals surface area (Å²) in [6.45, 7) is 5.27. The Bertz CT molecular complexity index is 726. The monoisotopic (exact) mass is 309 g/mol. The van der Waals surface area contributed by atoms with E-state index in [-0.39, 0.29) is 5.91 Å². The lowest BCUT2D eigenvalue weighted by atomic mass is 9.96. The Morgan fingerprint density at radius 3 is 2.87 bits per heavy atom. The van der Waals surface area contributed by atoms with Crippen molar-refractivity contribution in [2.45, 2.75) is 32.6 Å². The Morgan fingerprint density at radius 2 is 2.13 bits per heavy atom. The molecule has 1 atom stereocenters. The van der Waals surface area contributed by atoms with E-state index in [0.29, 0.717) is 12.5 Å². The molecule has 1 aliphatic heterocycles. The maximum Gasteiger partial charge on any atom is 0.223 e. The third-order valence-electron chi connectivity index (χ3n) is 4.62. The van der Waals surface area contributed by atoms with Crippen molar-refractivity contribution >= 4 is 11.6 Å². The summed E-state index contributed by atoms with van der Waals surface area (Å²) in [5.74, 6) is 0.519. The van der Waals surface area contributed by atoms with Crippen LogP contribution in [-0.2, 0) is 11.2 Å². The molecule has 4 heteroatoms. The summed E-state index contributed by atoms with van der Waals surface area (Å²) in [5.41, 5.74) is 11.4. The van der Waals surface area contributed by atoms with Crippen molar-refractivity contribution < 1.29 is 4.79 Å². The first-order chi connectivity index (χ1) is 11.1. The number of pyridine rings is 1. The lowest BCUT2D eigenvalue weighted by Crippen LogP contribution is -2.25. The van der Waals surface area contributed by atoms with Crippen molar-refractivity contribution in [2.75, 3.05) is 18.0 Å². The van der Waals surface area contributed by atoms with E-state index in [1.165, 1.54) is 11.1 Å². The second-order valence-electron chi connectivity index (χ2n) is 6.25. The van der Waals surface area contributed by atoms with Gasteiger partial charge in [0.05, 0.1) is 0 Å². The van der Waals surface area contributed by atoms with Crippen LogP contribution in [0.25, 0.3) is 11.1 Å². The first-order valence-electron chi connectivity index (χ1n) is 8.16. The zero-order chi connectivity index (χ0) is 16.4. The number of rotatable bonds is 4. The number of hydrogen-bond acceptors (Lipinski definition) is 3. The number of nitrogens with zero attached hydrogens (tertiary/aromatic N) is 2. The van der Waals surface area contributed by atoms with Crippen LogP contribution in [0.4, 0.5) is 5.69 Å². The van der Waals surface area contributed by atoms with Crippen molar-refractivity contribution in [1.29, 1.82) is 0 Å². The highest BCUT2D eigenvalue weighted by Crippen LogP contribution is 2.33. The summed E-state index contributed by atoms with van der Waals surface area (Å²) in [7, 11) is 0. The second-order valence-corrected chi connectivity index (χ2v) is 6.25. The first-order valence-corrected chi connectivity index (χ1v) is 8.16. The molecule has 1 amide bonds. The van der Waals surface area contributed by atoms with Crippen molar-refractivity contribution in [3.8, 4) is 11.1 Å². The largest absolute Gasteiger partial charge is 0.330 e. The number of anilines is 1. The highest BCUT2D eigenvalue weighted by molar-refractivity contribution is 5.94. The molecule has 23 heavy (non-hydrogen) atoms. The van der Waals surface area contributed by atoms with E-state index >= 15 is 0 Å². The van der Waals surface area contributed by atoms with Crippen LogP contribution in [0, 0.1) is 0 Å². The fourth-order valence-corrected chi connectivity index (χ4v) is 3.21. The Labute approximate surface area is 137 Å². The molecule has 2 N–H and O–H groups in total. The summed E-state index contributed by atoms with van der Waals surface area (Å²) in [6.07, 6.45) is 5.70. The Balaban J connectivity index is 1.91. The number of benzene rings is 1. The third-order valence-corrected chi connectivity index (χ3v) is 4.62. The summed E-state index contributed by atoms with van der Waals surface area (Å²) in [6, 6.07) is 8.52. The Morgan fingerprint density at radius 1 is 1.30 bits per heavy atom. The molecule has 0 saturated carbocycles. The summed E-state index contributed by atoms with van der Waals surface area (Å²) in [4.78, 5) is 17.9. The van der Waals surface area contributed by atoms with Crippen LogP contribution in [0.3, 0.4) is 0 Å².